The van der Waals surface area contributed by atoms with Gasteiger partial charge in [0.1, 0.15) is 5.75 Å². The molecule has 1 fully saturated rings. The number of nitrogens with zero attached hydrogens (tertiary/aromatic N) is 1. The lowest BCUT2D eigenvalue weighted by Gasteiger charge is -2.33. The van der Waals surface area contributed by atoms with Crippen LogP contribution in [0.4, 0.5) is 0 Å². The first-order chi connectivity index (χ1) is 13.6. The van der Waals surface area contributed by atoms with Crippen molar-refractivity contribution in [3.63, 3.8) is 0 Å². The molecule has 1 aliphatic carbocycles. The summed E-state index contributed by atoms with van der Waals surface area (Å²) in [5, 5.41) is 3.34. The Bertz CT molecular complexity index is 814. The number of methoxy groups -OCH3 is 1. The smallest absolute Gasteiger partial charge is 0.250 e. The second-order valence-corrected chi connectivity index (χ2v) is 7.45. The lowest BCUT2D eigenvalue weighted by Crippen LogP contribution is -2.44. The van der Waals surface area contributed by atoms with Crippen LogP contribution in [0.15, 0.2) is 60.7 Å². The lowest BCUT2D eigenvalue weighted by molar-refractivity contribution is -0.115. The van der Waals surface area contributed by atoms with E-state index in [1.54, 1.807) is 13.2 Å². The van der Waals surface area contributed by atoms with Gasteiger partial charge in [-0.05, 0) is 60.3 Å². The van der Waals surface area contributed by atoms with Crippen molar-refractivity contribution < 1.29 is 9.53 Å². The molecule has 4 nitrogen and oxygen atoms in total. The highest BCUT2D eigenvalue weighted by Gasteiger charge is 2.22. The number of ether oxygens (including phenoxy) is 1. The van der Waals surface area contributed by atoms with E-state index < -0.39 is 0 Å². The van der Waals surface area contributed by atoms with E-state index in [1.165, 1.54) is 30.9 Å². The molecule has 5 heteroatoms. The van der Waals surface area contributed by atoms with Crippen molar-refractivity contribution >= 4 is 29.3 Å². The van der Waals surface area contributed by atoms with Crippen LogP contribution < -0.4 is 10.1 Å². The normalized spacial score (nSPS) is 13.8. The van der Waals surface area contributed by atoms with Crippen LogP contribution in [0.5, 0.6) is 5.75 Å². The Hall–Kier alpha value is -2.66. The standard InChI is InChI=1S/C23H26N2O2S/c1-27-21-13-10-18(11-14-21)12-15-22(26)24-23(28)25(17-20-8-5-9-20)16-19-6-3-2-4-7-19/h2-4,6-7,10-15,20H,5,8-9,16-17H2,1H3,(H,24,26,28). The molecule has 0 heterocycles. The first-order valence-corrected chi connectivity index (χ1v) is 10.0. The van der Waals surface area contributed by atoms with E-state index >= 15 is 0 Å². The molecule has 0 bridgehead atoms. The minimum absolute atomic E-state index is 0.215. The lowest BCUT2D eigenvalue weighted by atomic mass is 9.85. The fourth-order valence-corrected chi connectivity index (χ4v) is 3.36. The van der Waals surface area contributed by atoms with Gasteiger partial charge in [-0.1, -0.05) is 48.9 Å². The van der Waals surface area contributed by atoms with E-state index in [1.807, 2.05) is 42.5 Å². The number of benzene rings is 2. The molecule has 0 aromatic heterocycles. The molecular formula is C23H26N2O2S. The van der Waals surface area contributed by atoms with Gasteiger partial charge in [-0.2, -0.15) is 0 Å². The van der Waals surface area contributed by atoms with Gasteiger partial charge < -0.3 is 9.64 Å². The van der Waals surface area contributed by atoms with Crippen molar-refractivity contribution in [1.29, 1.82) is 0 Å². The molecule has 0 aliphatic heterocycles. The summed E-state index contributed by atoms with van der Waals surface area (Å²) in [6.07, 6.45) is 7.04. The monoisotopic (exact) mass is 394 g/mol. The molecule has 0 spiro atoms. The highest BCUT2D eigenvalue weighted by atomic mass is 32.1. The molecule has 0 atom stereocenters. The molecule has 2 aromatic carbocycles. The second-order valence-electron chi connectivity index (χ2n) is 7.06. The quantitative estimate of drug-likeness (QED) is 0.558. The average Bonchev–Trinajstić information content (AvgIpc) is 2.69. The SMILES string of the molecule is COc1ccc(C=CC(=O)NC(=S)N(Cc2ccccc2)CC2CCC2)cc1. The Balaban J connectivity index is 1.59. The van der Waals surface area contributed by atoms with Crippen LogP contribution in [-0.4, -0.2) is 29.6 Å². The second kappa shape index (κ2) is 10.0. The van der Waals surface area contributed by atoms with E-state index in [4.69, 9.17) is 17.0 Å². The number of carbonyl (C=O) groups excluding carboxylic acids is 1. The van der Waals surface area contributed by atoms with E-state index in [-0.39, 0.29) is 5.91 Å². The van der Waals surface area contributed by atoms with Crippen molar-refractivity contribution in [3.05, 3.63) is 71.8 Å². The third-order valence-electron chi connectivity index (χ3n) is 4.98. The molecule has 0 saturated heterocycles. The minimum atomic E-state index is -0.215. The Morgan fingerprint density at radius 1 is 1.18 bits per heavy atom. The summed E-state index contributed by atoms with van der Waals surface area (Å²) in [7, 11) is 1.63. The maximum absolute atomic E-state index is 12.3. The predicted molar refractivity (Wildman–Crippen MR) is 117 cm³/mol. The highest BCUT2D eigenvalue weighted by Crippen LogP contribution is 2.27. The summed E-state index contributed by atoms with van der Waals surface area (Å²) >= 11 is 5.55. The van der Waals surface area contributed by atoms with E-state index in [0.29, 0.717) is 17.6 Å². The Morgan fingerprint density at radius 2 is 1.89 bits per heavy atom. The van der Waals surface area contributed by atoms with Gasteiger partial charge in [0.05, 0.1) is 7.11 Å². The van der Waals surface area contributed by atoms with Crippen LogP contribution in [-0.2, 0) is 11.3 Å². The Labute approximate surface area is 172 Å². The van der Waals surface area contributed by atoms with Gasteiger partial charge in [0.2, 0.25) is 5.91 Å². The maximum Gasteiger partial charge on any atom is 0.250 e. The number of hydrogen-bond donors (Lipinski definition) is 1. The average molecular weight is 395 g/mol. The predicted octanol–water partition coefficient (Wildman–Crippen LogP) is 4.41. The molecule has 1 saturated carbocycles. The van der Waals surface area contributed by atoms with E-state index in [9.17, 15) is 4.79 Å². The molecular weight excluding hydrogens is 368 g/mol. The van der Waals surface area contributed by atoms with Crippen LogP contribution in [0.1, 0.15) is 30.4 Å². The number of hydrogen-bond acceptors (Lipinski definition) is 3. The molecule has 0 unspecified atom stereocenters. The Kier molecular flexibility index (Phi) is 7.20. The maximum atomic E-state index is 12.3. The zero-order chi connectivity index (χ0) is 19.8. The van der Waals surface area contributed by atoms with Crippen LogP contribution in [0.25, 0.3) is 6.08 Å². The molecule has 2 aromatic rings. The van der Waals surface area contributed by atoms with Crippen LogP contribution in [0.2, 0.25) is 0 Å². The van der Waals surface area contributed by atoms with Crippen molar-refractivity contribution in [2.45, 2.75) is 25.8 Å². The fraction of sp³-hybridized carbons (Fsp3) is 0.304. The van der Waals surface area contributed by atoms with Crippen molar-refractivity contribution in [2.75, 3.05) is 13.7 Å². The molecule has 1 aliphatic rings. The van der Waals surface area contributed by atoms with Gasteiger partial charge in [0.25, 0.3) is 0 Å². The van der Waals surface area contributed by atoms with Gasteiger partial charge in [-0.15, -0.1) is 0 Å². The van der Waals surface area contributed by atoms with Crippen LogP contribution in [0.3, 0.4) is 0 Å². The number of rotatable bonds is 7. The summed E-state index contributed by atoms with van der Waals surface area (Å²) in [4.78, 5) is 14.4. The third-order valence-corrected chi connectivity index (χ3v) is 5.34. The number of nitrogens with one attached hydrogen (secondary N) is 1. The van der Waals surface area contributed by atoms with Crippen molar-refractivity contribution in [3.8, 4) is 5.75 Å². The van der Waals surface area contributed by atoms with Gasteiger partial charge in [0.15, 0.2) is 5.11 Å². The summed E-state index contributed by atoms with van der Waals surface area (Å²) in [6.45, 7) is 1.59. The van der Waals surface area contributed by atoms with Gasteiger partial charge in [0, 0.05) is 19.2 Å². The fourth-order valence-electron chi connectivity index (χ4n) is 3.12. The Morgan fingerprint density at radius 3 is 2.50 bits per heavy atom. The van der Waals surface area contributed by atoms with Gasteiger partial charge >= 0.3 is 0 Å². The minimum Gasteiger partial charge on any atom is -0.497 e. The van der Waals surface area contributed by atoms with E-state index in [0.717, 1.165) is 17.9 Å². The van der Waals surface area contributed by atoms with Crippen molar-refractivity contribution in [2.24, 2.45) is 5.92 Å². The van der Waals surface area contributed by atoms with E-state index in [2.05, 4.69) is 22.3 Å². The number of thiocarbonyl (C=S) groups is 1. The van der Waals surface area contributed by atoms with Gasteiger partial charge in [-0.3, -0.25) is 10.1 Å². The zero-order valence-corrected chi connectivity index (χ0v) is 17.0. The van der Waals surface area contributed by atoms with Crippen molar-refractivity contribution in [1.82, 2.24) is 10.2 Å². The first-order valence-electron chi connectivity index (χ1n) is 9.60. The molecule has 1 amide bonds. The molecule has 28 heavy (non-hydrogen) atoms. The molecule has 146 valence electrons. The first kappa shape index (κ1) is 20.1. The topological polar surface area (TPSA) is 41.6 Å². The molecule has 1 N–H and O–H groups in total. The largest absolute Gasteiger partial charge is 0.497 e. The third kappa shape index (κ3) is 5.92. The van der Waals surface area contributed by atoms with Crippen LogP contribution >= 0.6 is 12.2 Å². The summed E-state index contributed by atoms with van der Waals surface area (Å²) in [5.74, 6) is 1.23. The zero-order valence-electron chi connectivity index (χ0n) is 16.1. The summed E-state index contributed by atoms with van der Waals surface area (Å²) in [5.41, 5.74) is 2.12. The highest BCUT2D eigenvalue weighted by molar-refractivity contribution is 7.80. The van der Waals surface area contributed by atoms with Gasteiger partial charge in [-0.25, -0.2) is 0 Å². The number of carbonyl (C=O) groups is 1. The van der Waals surface area contributed by atoms with Crippen LogP contribution in [0, 0.1) is 5.92 Å². The molecule has 3 rings (SSSR count). The summed E-state index contributed by atoms with van der Waals surface area (Å²) < 4.78 is 5.14. The number of amides is 1. The molecule has 0 radical (unpaired) electrons. The summed E-state index contributed by atoms with van der Waals surface area (Å²) in [6, 6.07) is 17.8.